The molecule has 0 radical (unpaired) electrons. The van der Waals surface area contributed by atoms with Gasteiger partial charge in [0.1, 0.15) is 5.69 Å². The Labute approximate surface area is 106 Å². The molecule has 0 aromatic heterocycles. The number of halogens is 7. The molecular formula is C8H2BrCl2F4N. The first kappa shape index (κ1) is 13.7. The number of hydrogen-bond acceptors (Lipinski definition) is 1. The highest BCUT2D eigenvalue weighted by atomic mass is 79.9. The van der Waals surface area contributed by atoms with E-state index < -0.39 is 22.9 Å². The highest BCUT2D eigenvalue weighted by Gasteiger charge is 2.34. The molecule has 16 heavy (non-hydrogen) atoms. The Hall–Kier alpha value is -0.330. The molecular weight excluding hydrogens is 337 g/mol. The van der Waals surface area contributed by atoms with Gasteiger partial charge in [0.15, 0.2) is 5.82 Å². The van der Waals surface area contributed by atoms with E-state index in [1.165, 1.54) is 6.07 Å². The highest BCUT2D eigenvalue weighted by molar-refractivity contribution is 9.10. The second-order valence-corrected chi connectivity index (χ2v) is 4.19. The molecule has 0 saturated heterocycles. The molecule has 1 rings (SSSR count). The number of rotatable bonds is 1. The van der Waals surface area contributed by atoms with Gasteiger partial charge in [0.25, 0.3) is 0 Å². The van der Waals surface area contributed by atoms with Crippen molar-refractivity contribution in [3.05, 3.63) is 27.4 Å². The van der Waals surface area contributed by atoms with Crippen LogP contribution in [0.2, 0.25) is 5.02 Å². The van der Waals surface area contributed by atoms with Crippen LogP contribution in [0.1, 0.15) is 0 Å². The summed E-state index contributed by atoms with van der Waals surface area (Å²) in [5.41, 5.74) is -0.574. The van der Waals surface area contributed by atoms with Crippen LogP contribution in [-0.2, 0) is 0 Å². The van der Waals surface area contributed by atoms with Crippen LogP contribution in [0.25, 0.3) is 0 Å². The van der Waals surface area contributed by atoms with E-state index in [9.17, 15) is 17.6 Å². The fraction of sp³-hybridized carbons (Fsp3) is 0.125. The zero-order valence-corrected chi connectivity index (χ0v) is 10.3. The van der Waals surface area contributed by atoms with Gasteiger partial charge in [0.2, 0.25) is 5.17 Å². The minimum atomic E-state index is -4.81. The summed E-state index contributed by atoms with van der Waals surface area (Å²) in [6, 6.07) is 2.30. The van der Waals surface area contributed by atoms with E-state index in [0.717, 1.165) is 6.07 Å². The van der Waals surface area contributed by atoms with Crippen molar-refractivity contribution in [1.29, 1.82) is 0 Å². The molecule has 0 aliphatic carbocycles. The first-order valence-electron chi connectivity index (χ1n) is 3.68. The molecule has 0 saturated carbocycles. The van der Waals surface area contributed by atoms with Gasteiger partial charge in [0, 0.05) is 4.47 Å². The first-order valence-corrected chi connectivity index (χ1v) is 5.23. The summed E-state index contributed by atoms with van der Waals surface area (Å²) in [6.07, 6.45) is -4.81. The molecule has 8 heteroatoms. The lowest BCUT2D eigenvalue weighted by Crippen LogP contribution is -2.16. The molecule has 88 valence electrons. The topological polar surface area (TPSA) is 12.4 Å². The zero-order valence-electron chi connectivity index (χ0n) is 7.25. The van der Waals surface area contributed by atoms with E-state index in [4.69, 9.17) is 23.2 Å². The third kappa shape index (κ3) is 3.09. The van der Waals surface area contributed by atoms with Crippen molar-refractivity contribution in [2.75, 3.05) is 0 Å². The maximum Gasteiger partial charge on any atom is 0.444 e. The van der Waals surface area contributed by atoms with Gasteiger partial charge in [-0.15, -0.1) is 0 Å². The molecule has 1 aromatic carbocycles. The van der Waals surface area contributed by atoms with Gasteiger partial charge in [0.05, 0.1) is 5.02 Å². The van der Waals surface area contributed by atoms with Crippen LogP contribution in [-0.4, -0.2) is 11.3 Å². The third-order valence-corrected chi connectivity index (χ3v) is 3.02. The minimum Gasteiger partial charge on any atom is -0.229 e. The largest absolute Gasteiger partial charge is 0.444 e. The Kier molecular flexibility index (Phi) is 4.20. The fourth-order valence-electron chi connectivity index (χ4n) is 0.771. The molecule has 0 unspecified atom stereocenters. The number of aliphatic imine (C=N–C) groups is 1. The average Bonchev–Trinajstić information content (AvgIpc) is 2.17. The molecule has 0 fully saturated rings. The van der Waals surface area contributed by atoms with Gasteiger partial charge in [-0.1, -0.05) is 23.2 Å². The minimum absolute atomic E-state index is 0.216. The molecule has 0 atom stereocenters. The second-order valence-electron chi connectivity index (χ2n) is 2.59. The van der Waals surface area contributed by atoms with E-state index in [1.54, 1.807) is 0 Å². The summed E-state index contributed by atoms with van der Waals surface area (Å²) < 4.78 is 49.6. The Morgan fingerprint density at radius 3 is 2.38 bits per heavy atom. The van der Waals surface area contributed by atoms with Crippen LogP contribution in [0.5, 0.6) is 0 Å². The lowest BCUT2D eigenvalue weighted by atomic mass is 10.3. The number of hydrogen-bond donors (Lipinski definition) is 0. The maximum absolute atomic E-state index is 13.3. The van der Waals surface area contributed by atoms with Crippen molar-refractivity contribution in [2.45, 2.75) is 6.18 Å². The van der Waals surface area contributed by atoms with Crippen LogP contribution in [0.15, 0.2) is 21.6 Å². The Bertz CT molecular complexity index is 444. The van der Waals surface area contributed by atoms with Crippen molar-refractivity contribution >= 4 is 50.0 Å². The Morgan fingerprint density at radius 1 is 1.31 bits per heavy atom. The van der Waals surface area contributed by atoms with Crippen molar-refractivity contribution in [1.82, 2.24) is 0 Å². The maximum atomic E-state index is 13.3. The molecule has 0 heterocycles. The summed E-state index contributed by atoms with van der Waals surface area (Å²) in [5, 5.41) is -2.02. The van der Waals surface area contributed by atoms with Crippen molar-refractivity contribution in [3.63, 3.8) is 0 Å². The summed E-state index contributed by atoms with van der Waals surface area (Å²) in [7, 11) is 0. The second kappa shape index (κ2) is 4.89. The smallest absolute Gasteiger partial charge is 0.229 e. The van der Waals surface area contributed by atoms with Crippen LogP contribution in [0, 0.1) is 5.82 Å². The first-order chi connectivity index (χ1) is 7.23. The lowest BCUT2D eigenvalue weighted by molar-refractivity contribution is -0.0558. The van der Waals surface area contributed by atoms with Crippen molar-refractivity contribution in [2.24, 2.45) is 4.99 Å². The molecule has 1 nitrogen and oxygen atoms in total. The molecule has 0 aliphatic rings. The van der Waals surface area contributed by atoms with Gasteiger partial charge in [-0.2, -0.15) is 13.2 Å². The van der Waals surface area contributed by atoms with Gasteiger partial charge in [-0.25, -0.2) is 9.38 Å². The average molecular weight is 339 g/mol. The molecule has 0 N–H and O–H groups in total. The van der Waals surface area contributed by atoms with Crippen LogP contribution < -0.4 is 0 Å². The SMILES string of the molecule is Fc1c(N=C(Cl)C(F)(F)F)ccc(Br)c1Cl. The molecule has 1 aromatic rings. The fourth-order valence-corrected chi connectivity index (χ4v) is 1.33. The number of alkyl halides is 3. The lowest BCUT2D eigenvalue weighted by Gasteiger charge is -2.05. The van der Waals surface area contributed by atoms with E-state index in [-0.39, 0.29) is 9.50 Å². The van der Waals surface area contributed by atoms with E-state index in [2.05, 4.69) is 20.9 Å². The quantitative estimate of drug-likeness (QED) is 0.385. The monoisotopic (exact) mass is 337 g/mol. The van der Waals surface area contributed by atoms with Crippen molar-refractivity contribution in [3.8, 4) is 0 Å². The van der Waals surface area contributed by atoms with Crippen LogP contribution in [0.4, 0.5) is 23.2 Å². The molecule has 0 spiro atoms. The highest BCUT2D eigenvalue weighted by Crippen LogP contribution is 2.33. The summed E-state index contributed by atoms with van der Waals surface area (Å²) >= 11 is 13.2. The predicted molar refractivity (Wildman–Crippen MR) is 58.1 cm³/mol. The van der Waals surface area contributed by atoms with Gasteiger partial charge in [-0.3, -0.25) is 0 Å². The predicted octanol–water partition coefficient (Wildman–Crippen LogP) is 5.07. The van der Waals surface area contributed by atoms with Crippen LogP contribution >= 0.6 is 39.1 Å². The summed E-state index contributed by atoms with van der Waals surface area (Å²) in [4.78, 5) is 2.91. The summed E-state index contributed by atoms with van der Waals surface area (Å²) in [6.45, 7) is 0. The molecule has 0 amide bonds. The normalized spacial score (nSPS) is 13.1. The molecule has 0 bridgehead atoms. The van der Waals surface area contributed by atoms with E-state index in [0.29, 0.717) is 0 Å². The van der Waals surface area contributed by atoms with Gasteiger partial charge < -0.3 is 0 Å². The van der Waals surface area contributed by atoms with E-state index >= 15 is 0 Å². The Morgan fingerprint density at radius 2 is 1.88 bits per heavy atom. The third-order valence-electron chi connectivity index (χ3n) is 1.47. The van der Waals surface area contributed by atoms with Gasteiger partial charge in [-0.05, 0) is 28.1 Å². The summed E-state index contributed by atoms with van der Waals surface area (Å²) in [5.74, 6) is -1.07. The van der Waals surface area contributed by atoms with Gasteiger partial charge >= 0.3 is 6.18 Å². The Balaban J connectivity index is 3.22. The van der Waals surface area contributed by atoms with Crippen LogP contribution in [0.3, 0.4) is 0 Å². The number of benzene rings is 1. The van der Waals surface area contributed by atoms with Crippen molar-refractivity contribution < 1.29 is 17.6 Å². The van der Waals surface area contributed by atoms with E-state index in [1.807, 2.05) is 0 Å². The standard InChI is InChI=1S/C8H2BrCl2F4N/c9-3-1-2-4(6(12)5(3)10)16-7(11)8(13,14)15/h1-2H. The number of nitrogens with zero attached hydrogens (tertiary/aromatic N) is 1. The zero-order chi connectivity index (χ0) is 12.5. The molecule has 0 aliphatic heterocycles.